The molecule has 1 N–H and O–H groups in total. The van der Waals surface area contributed by atoms with Gasteiger partial charge in [-0.3, -0.25) is 13.9 Å². The Bertz CT molecular complexity index is 856. The van der Waals surface area contributed by atoms with E-state index in [1.165, 1.54) is 6.42 Å². The smallest absolute Gasteiger partial charge is 0.329 e. The van der Waals surface area contributed by atoms with Crippen molar-refractivity contribution >= 4 is 5.91 Å². The topological polar surface area (TPSA) is 59.3 Å². The Labute approximate surface area is 159 Å². The van der Waals surface area contributed by atoms with Crippen LogP contribution in [0.5, 0.6) is 0 Å². The predicted molar refractivity (Wildman–Crippen MR) is 106 cm³/mol. The van der Waals surface area contributed by atoms with Crippen LogP contribution in [0.15, 0.2) is 35.1 Å². The van der Waals surface area contributed by atoms with E-state index in [4.69, 9.17) is 0 Å². The van der Waals surface area contributed by atoms with Crippen molar-refractivity contribution in [1.82, 2.24) is 19.4 Å². The summed E-state index contributed by atoms with van der Waals surface area (Å²) in [7, 11) is 1.74. The van der Waals surface area contributed by atoms with Crippen LogP contribution in [0.4, 0.5) is 0 Å². The fourth-order valence-corrected chi connectivity index (χ4v) is 4.44. The van der Waals surface area contributed by atoms with Crippen molar-refractivity contribution in [2.75, 3.05) is 26.2 Å². The lowest BCUT2D eigenvalue weighted by Crippen LogP contribution is -2.47. The number of hydrogen-bond acceptors (Lipinski definition) is 3. The minimum atomic E-state index is -0.0702. The monoisotopic (exact) mass is 368 g/mol. The van der Waals surface area contributed by atoms with Gasteiger partial charge in [0, 0.05) is 44.8 Å². The third-order valence-electron chi connectivity index (χ3n) is 5.89. The van der Waals surface area contributed by atoms with E-state index in [0.717, 1.165) is 50.0 Å². The van der Waals surface area contributed by atoms with Crippen molar-refractivity contribution in [2.45, 2.75) is 38.1 Å². The average molecular weight is 368 g/mol. The van der Waals surface area contributed by atoms with Gasteiger partial charge in [-0.2, -0.15) is 0 Å². The number of carbonyl (C=O) groups is 1. The third kappa shape index (κ3) is 3.34. The first-order chi connectivity index (χ1) is 13.2. The number of nitrogens with zero attached hydrogens (tertiary/aromatic N) is 3. The lowest BCUT2D eigenvalue weighted by molar-refractivity contribution is 0.0726. The van der Waals surface area contributed by atoms with Gasteiger partial charge in [-0.1, -0.05) is 49.6 Å². The standard InChI is InChI=1S/C21H28N4O2/c1-23-19(20(26)24-14-12-22-13-15-24)18(16-8-4-2-5-9-16)25(21(23)27)17-10-6-3-7-11-17/h2,4-5,8-9,17,22H,3,6-7,10-15H2,1H3. The SMILES string of the molecule is Cn1c(C(=O)N2CCNCC2)c(-c2ccccc2)n(C2CCCCC2)c1=O. The zero-order valence-corrected chi connectivity index (χ0v) is 16.0. The molecule has 6 heteroatoms. The molecular weight excluding hydrogens is 340 g/mol. The molecule has 1 amide bonds. The number of aromatic nitrogens is 2. The van der Waals surface area contributed by atoms with E-state index < -0.39 is 0 Å². The van der Waals surface area contributed by atoms with Crippen molar-refractivity contribution in [3.63, 3.8) is 0 Å². The van der Waals surface area contributed by atoms with E-state index in [0.29, 0.717) is 18.8 Å². The van der Waals surface area contributed by atoms with Crippen LogP contribution in [-0.2, 0) is 7.05 Å². The van der Waals surface area contributed by atoms with Gasteiger partial charge in [-0.05, 0) is 12.8 Å². The quantitative estimate of drug-likeness (QED) is 0.905. The lowest BCUT2D eigenvalue weighted by atomic mass is 9.94. The summed E-state index contributed by atoms with van der Waals surface area (Å²) in [5.41, 5.74) is 2.19. The number of benzene rings is 1. The molecule has 2 aromatic rings. The summed E-state index contributed by atoms with van der Waals surface area (Å²) in [6.45, 7) is 2.94. The number of amides is 1. The molecule has 1 aliphatic heterocycles. The van der Waals surface area contributed by atoms with Crippen molar-refractivity contribution in [2.24, 2.45) is 7.05 Å². The van der Waals surface area contributed by atoms with Gasteiger partial charge in [-0.15, -0.1) is 0 Å². The maximum Gasteiger partial charge on any atom is 0.329 e. The third-order valence-corrected chi connectivity index (χ3v) is 5.89. The number of carbonyl (C=O) groups excluding carboxylic acids is 1. The fourth-order valence-electron chi connectivity index (χ4n) is 4.44. The van der Waals surface area contributed by atoms with Crippen LogP contribution in [0.1, 0.15) is 48.6 Å². The Morgan fingerprint density at radius 1 is 1.04 bits per heavy atom. The van der Waals surface area contributed by atoms with Crippen LogP contribution in [0.25, 0.3) is 11.3 Å². The maximum absolute atomic E-state index is 13.4. The molecule has 1 aliphatic carbocycles. The van der Waals surface area contributed by atoms with Gasteiger partial charge in [0.25, 0.3) is 5.91 Å². The van der Waals surface area contributed by atoms with Crippen molar-refractivity contribution < 1.29 is 4.79 Å². The molecule has 0 atom stereocenters. The van der Waals surface area contributed by atoms with Crippen molar-refractivity contribution in [3.8, 4) is 11.3 Å². The van der Waals surface area contributed by atoms with Crippen LogP contribution in [0.2, 0.25) is 0 Å². The molecular formula is C21H28N4O2. The van der Waals surface area contributed by atoms with Gasteiger partial charge in [0.2, 0.25) is 0 Å². The molecule has 144 valence electrons. The van der Waals surface area contributed by atoms with E-state index in [1.54, 1.807) is 11.6 Å². The molecule has 0 spiro atoms. The minimum Gasteiger partial charge on any atom is -0.335 e. The molecule has 4 rings (SSSR count). The van der Waals surface area contributed by atoms with Crippen LogP contribution < -0.4 is 11.0 Å². The molecule has 0 radical (unpaired) electrons. The molecule has 2 fully saturated rings. The second kappa shape index (κ2) is 7.72. The predicted octanol–water partition coefficient (Wildman–Crippen LogP) is 2.40. The number of rotatable bonds is 3. The van der Waals surface area contributed by atoms with Gasteiger partial charge in [-0.25, -0.2) is 4.79 Å². The van der Waals surface area contributed by atoms with Gasteiger partial charge in [0.1, 0.15) is 5.69 Å². The molecule has 1 aromatic carbocycles. The van der Waals surface area contributed by atoms with Crippen LogP contribution >= 0.6 is 0 Å². The Kier molecular flexibility index (Phi) is 5.16. The van der Waals surface area contributed by atoms with Crippen LogP contribution in [0, 0.1) is 0 Å². The molecule has 0 unspecified atom stereocenters. The molecule has 27 heavy (non-hydrogen) atoms. The van der Waals surface area contributed by atoms with Gasteiger partial charge >= 0.3 is 5.69 Å². The molecule has 1 aromatic heterocycles. The normalized spacial score (nSPS) is 18.6. The zero-order chi connectivity index (χ0) is 18.8. The minimum absolute atomic E-state index is 0.0375. The summed E-state index contributed by atoms with van der Waals surface area (Å²) in [5, 5.41) is 3.28. The Morgan fingerprint density at radius 3 is 2.37 bits per heavy atom. The highest BCUT2D eigenvalue weighted by molar-refractivity contribution is 5.98. The zero-order valence-electron chi connectivity index (χ0n) is 16.0. The number of hydrogen-bond donors (Lipinski definition) is 1. The van der Waals surface area contributed by atoms with E-state index in [1.807, 2.05) is 39.8 Å². The first kappa shape index (κ1) is 18.0. The van der Waals surface area contributed by atoms with Crippen molar-refractivity contribution in [1.29, 1.82) is 0 Å². The Hall–Kier alpha value is -2.34. The Balaban J connectivity index is 1.87. The highest BCUT2D eigenvalue weighted by atomic mass is 16.2. The summed E-state index contributed by atoms with van der Waals surface area (Å²) >= 11 is 0. The van der Waals surface area contributed by atoms with Crippen LogP contribution in [0.3, 0.4) is 0 Å². The molecule has 6 nitrogen and oxygen atoms in total. The molecule has 0 bridgehead atoms. The van der Waals surface area contributed by atoms with Crippen molar-refractivity contribution in [3.05, 3.63) is 46.5 Å². The molecule has 1 saturated heterocycles. The van der Waals surface area contributed by atoms with E-state index in [-0.39, 0.29) is 17.6 Å². The van der Waals surface area contributed by atoms with Gasteiger partial charge < -0.3 is 10.2 Å². The summed E-state index contributed by atoms with van der Waals surface area (Å²) in [4.78, 5) is 28.5. The largest absolute Gasteiger partial charge is 0.335 e. The second-order valence-electron chi connectivity index (χ2n) is 7.61. The molecule has 1 saturated carbocycles. The number of piperazine rings is 1. The van der Waals surface area contributed by atoms with Gasteiger partial charge in [0.05, 0.1) is 5.69 Å². The summed E-state index contributed by atoms with van der Waals surface area (Å²) in [6.07, 6.45) is 5.52. The Morgan fingerprint density at radius 2 is 1.70 bits per heavy atom. The maximum atomic E-state index is 13.4. The first-order valence-corrected chi connectivity index (χ1v) is 10.0. The summed E-state index contributed by atoms with van der Waals surface area (Å²) in [6, 6.07) is 10.1. The van der Waals surface area contributed by atoms with E-state index >= 15 is 0 Å². The highest BCUT2D eigenvalue weighted by Gasteiger charge is 2.31. The number of nitrogens with one attached hydrogen (secondary N) is 1. The van der Waals surface area contributed by atoms with Gasteiger partial charge in [0.15, 0.2) is 0 Å². The fraction of sp³-hybridized carbons (Fsp3) is 0.524. The van der Waals surface area contributed by atoms with E-state index in [2.05, 4.69) is 5.32 Å². The summed E-state index contributed by atoms with van der Waals surface area (Å²) < 4.78 is 3.48. The molecule has 2 aliphatic rings. The van der Waals surface area contributed by atoms with E-state index in [9.17, 15) is 9.59 Å². The highest BCUT2D eigenvalue weighted by Crippen LogP contribution is 2.33. The molecule has 2 heterocycles. The van der Waals surface area contributed by atoms with Crippen LogP contribution in [-0.4, -0.2) is 46.1 Å². The average Bonchev–Trinajstić information content (AvgIpc) is 3.00. The summed E-state index contributed by atoms with van der Waals surface area (Å²) in [5.74, 6) is -0.0375. The lowest BCUT2D eigenvalue weighted by Gasteiger charge is -2.28. The number of imidazole rings is 1. The first-order valence-electron chi connectivity index (χ1n) is 10.0. The second-order valence-corrected chi connectivity index (χ2v) is 7.61.